The Balaban J connectivity index is 1.04. The van der Waals surface area contributed by atoms with E-state index < -0.39 is 23.8 Å². The number of amides is 4. The van der Waals surface area contributed by atoms with Crippen molar-refractivity contribution in [1.82, 2.24) is 30.0 Å². The number of fused-ring (bicyclic) bond motifs is 1. The van der Waals surface area contributed by atoms with Crippen LogP contribution in [0.2, 0.25) is 0 Å². The van der Waals surface area contributed by atoms with Crippen LogP contribution in [0.25, 0.3) is 11.3 Å². The van der Waals surface area contributed by atoms with E-state index in [0.717, 1.165) is 60.1 Å². The zero-order valence-corrected chi connectivity index (χ0v) is 21.4. The Morgan fingerprint density at radius 3 is 2.21 bits per heavy atom. The van der Waals surface area contributed by atoms with Crippen molar-refractivity contribution in [2.75, 3.05) is 26.2 Å². The fourth-order valence-corrected chi connectivity index (χ4v) is 5.40. The smallest absolute Gasteiger partial charge is 0.262 e. The average Bonchev–Trinajstić information content (AvgIpc) is 3.20. The van der Waals surface area contributed by atoms with Crippen LogP contribution in [0.15, 0.2) is 60.9 Å². The second kappa shape index (κ2) is 10.5. The summed E-state index contributed by atoms with van der Waals surface area (Å²) >= 11 is 0. The van der Waals surface area contributed by atoms with Gasteiger partial charge in [0.1, 0.15) is 6.04 Å². The zero-order chi connectivity index (χ0) is 26.9. The second-order valence-corrected chi connectivity index (χ2v) is 10.1. The largest absolute Gasteiger partial charge is 0.297 e. The van der Waals surface area contributed by atoms with Gasteiger partial charge in [0.05, 0.1) is 34.9 Å². The molecule has 10 nitrogen and oxygen atoms in total. The Morgan fingerprint density at radius 1 is 0.795 bits per heavy atom. The third-order valence-electron chi connectivity index (χ3n) is 7.54. The van der Waals surface area contributed by atoms with Gasteiger partial charge in [0.2, 0.25) is 11.8 Å². The van der Waals surface area contributed by atoms with E-state index in [1.165, 1.54) is 0 Å². The maximum atomic E-state index is 13.1. The molecule has 39 heavy (non-hydrogen) atoms. The standard InChI is InChI=1S/C29H28N6O4/c36-26-9-8-25(27(37)32-26)35-28(38)22-7-6-19(14-23(22)29(35)39)17-33-10-12-34(13-11-33)18-21-15-31-24(16-30-21)20-4-2-1-3-5-20/h1-7,14-16,25H,8-13,17-18H2,(H,32,36,37). The summed E-state index contributed by atoms with van der Waals surface area (Å²) in [6.07, 6.45) is 3.92. The molecule has 10 heteroatoms. The van der Waals surface area contributed by atoms with Crippen LogP contribution in [0.3, 0.4) is 0 Å². The molecule has 0 bridgehead atoms. The van der Waals surface area contributed by atoms with E-state index in [1.54, 1.807) is 12.1 Å². The number of benzene rings is 2. The first kappa shape index (κ1) is 25.0. The number of nitrogens with zero attached hydrogens (tertiary/aromatic N) is 5. The van der Waals surface area contributed by atoms with Gasteiger partial charge in [-0.05, 0) is 24.1 Å². The van der Waals surface area contributed by atoms with Crippen LogP contribution >= 0.6 is 0 Å². The molecule has 6 rings (SSSR count). The van der Waals surface area contributed by atoms with E-state index in [1.807, 2.05) is 48.8 Å². The lowest BCUT2D eigenvalue weighted by molar-refractivity contribution is -0.136. The van der Waals surface area contributed by atoms with E-state index in [0.29, 0.717) is 17.7 Å². The zero-order valence-electron chi connectivity index (χ0n) is 21.4. The number of hydrogen-bond acceptors (Lipinski definition) is 8. The van der Waals surface area contributed by atoms with Crippen molar-refractivity contribution in [3.8, 4) is 11.3 Å². The van der Waals surface area contributed by atoms with Gasteiger partial charge in [0.25, 0.3) is 11.8 Å². The normalized spacial score (nSPS) is 20.3. The monoisotopic (exact) mass is 524 g/mol. The Kier molecular flexibility index (Phi) is 6.72. The minimum atomic E-state index is -0.953. The van der Waals surface area contributed by atoms with Gasteiger partial charge < -0.3 is 0 Å². The molecular weight excluding hydrogens is 496 g/mol. The number of hydrogen-bond donors (Lipinski definition) is 1. The first-order chi connectivity index (χ1) is 19.0. The fourth-order valence-electron chi connectivity index (χ4n) is 5.40. The number of nitrogens with one attached hydrogen (secondary N) is 1. The highest BCUT2D eigenvalue weighted by molar-refractivity contribution is 6.23. The maximum absolute atomic E-state index is 13.1. The van der Waals surface area contributed by atoms with Crippen LogP contribution in [-0.2, 0) is 22.7 Å². The van der Waals surface area contributed by atoms with Gasteiger partial charge in [-0.25, -0.2) is 0 Å². The predicted molar refractivity (Wildman–Crippen MR) is 141 cm³/mol. The molecule has 0 saturated carbocycles. The van der Waals surface area contributed by atoms with Crippen LogP contribution in [-0.4, -0.2) is 80.5 Å². The number of carbonyl (C=O) groups is 4. The molecule has 3 aliphatic rings. The SMILES string of the molecule is O=C1CCC(N2C(=O)c3ccc(CN4CCN(Cc5cnc(-c6ccccc6)cn5)CC4)cc3C2=O)C(=O)N1. The minimum Gasteiger partial charge on any atom is -0.297 e. The molecule has 1 unspecified atom stereocenters. The Hall–Kier alpha value is -4.28. The van der Waals surface area contributed by atoms with Crippen molar-refractivity contribution in [3.63, 3.8) is 0 Å². The Morgan fingerprint density at radius 2 is 1.51 bits per heavy atom. The first-order valence-corrected chi connectivity index (χ1v) is 13.1. The number of rotatable bonds is 6. The third-order valence-corrected chi connectivity index (χ3v) is 7.54. The molecule has 0 spiro atoms. The molecule has 0 aliphatic carbocycles. The lowest BCUT2D eigenvalue weighted by atomic mass is 10.0. The van der Waals surface area contributed by atoms with Gasteiger partial charge in [-0.3, -0.25) is 49.2 Å². The summed E-state index contributed by atoms with van der Waals surface area (Å²) in [5.74, 6) is -1.94. The molecule has 2 fully saturated rings. The summed E-state index contributed by atoms with van der Waals surface area (Å²) in [4.78, 5) is 64.7. The van der Waals surface area contributed by atoms with Crippen molar-refractivity contribution < 1.29 is 19.2 Å². The van der Waals surface area contributed by atoms with E-state index in [-0.39, 0.29) is 18.7 Å². The number of piperidine rings is 1. The molecule has 3 aromatic rings. The van der Waals surface area contributed by atoms with E-state index in [9.17, 15) is 19.2 Å². The maximum Gasteiger partial charge on any atom is 0.262 e. The highest BCUT2D eigenvalue weighted by Crippen LogP contribution is 2.29. The quantitative estimate of drug-likeness (QED) is 0.486. The van der Waals surface area contributed by atoms with Gasteiger partial charge in [-0.1, -0.05) is 36.4 Å². The molecule has 4 heterocycles. The van der Waals surface area contributed by atoms with Crippen LogP contribution < -0.4 is 5.32 Å². The van der Waals surface area contributed by atoms with Crippen LogP contribution in [0.4, 0.5) is 0 Å². The molecule has 4 amide bonds. The van der Waals surface area contributed by atoms with Crippen molar-refractivity contribution >= 4 is 23.6 Å². The second-order valence-electron chi connectivity index (χ2n) is 10.1. The highest BCUT2D eigenvalue weighted by atomic mass is 16.2. The third kappa shape index (κ3) is 5.08. The number of carbonyl (C=O) groups excluding carboxylic acids is 4. The molecule has 1 atom stereocenters. The van der Waals surface area contributed by atoms with E-state index >= 15 is 0 Å². The predicted octanol–water partition coefficient (Wildman–Crippen LogP) is 1.86. The summed E-state index contributed by atoms with van der Waals surface area (Å²) in [6.45, 7) is 4.89. The molecule has 2 aromatic carbocycles. The van der Waals surface area contributed by atoms with Crippen molar-refractivity contribution in [3.05, 3.63) is 83.3 Å². The van der Waals surface area contributed by atoms with Crippen LogP contribution in [0, 0.1) is 0 Å². The lowest BCUT2D eigenvalue weighted by Gasteiger charge is -2.34. The van der Waals surface area contributed by atoms with Crippen LogP contribution in [0.1, 0.15) is 44.8 Å². The number of imide groups is 2. The topological polar surface area (TPSA) is 116 Å². The molecule has 1 N–H and O–H groups in total. The number of aromatic nitrogens is 2. The minimum absolute atomic E-state index is 0.104. The molecule has 198 valence electrons. The van der Waals surface area contributed by atoms with Gasteiger partial charge in [0.15, 0.2) is 0 Å². The highest BCUT2D eigenvalue weighted by Gasteiger charge is 2.44. The summed E-state index contributed by atoms with van der Waals surface area (Å²) in [5.41, 5.74) is 4.41. The molecule has 3 aliphatic heterocycles. The van der Waals surface area contributed by atoms with Crippen LogP contribution in [0.5, 0.6) is 0 Å². The van der Waals surface area contributed by atoms with E-state index in [2.05, 4.69) is 25.1 Å². The summed E-state index contributed by atoms with van der Waals surface area (Å²) in [7, 11) is 0. The Bertz CT molecular complexity index is 1430. The molecule has 0 radical (unpaired) electrons. The molecule has 2 saturated heterocycles. The number of piperazine rings is 1. The lowest BCUT2D eigenvalue weighted by Crippen LogP contribution is -2.54. The molecule has 1 aromatic heterocycles. The first-order valence-electron chi connectivity index (χ1n) is 13.1. The van der Waals surface area contributed by atoms with Crippen molar-refractivity contribution in [2.24, 2.45) is 0 Å². The van der Waals surface area contributed by atoms with Crippen molar-refractivity contribution in [1.29, 1.82) is 0 Å². The fraction of sp³-hybridized carbons (Fsp3) is 0.310. The summed E-state index contributed by atoms with van der Waals surface area (Å²) < 4.78 is 0. The molecular formula is C29H28N6O4. The summed E-state index contributed by atoms with van der Waals surface area (Å²) in [6, 6.07) is 14.3. The van der Waals surface area contributed by atoms with Gasteiger partial charge in [-0.15, -0.1) is 0 Å². The average molecular weight is 525 g/mol. The van der Waals surface area contributed by atoms with Gasteiger partial charge >= 0.3 is 0 Å². The summed E-state index contributed by atoms with van der Waals surface area (Å²) in [5, 5.41) is 2.23. The van der Waals surface area contributed by atoms with Gasteiger partial charge in [0, 0.05) is 51.3 Å². The van der Waals surface area contributed by atoms with Gasteiger partial charge in [-0.2, -0.15) is 0 Å². The van der Waals surface area contributed by atoms with Crippen molar-refractivity contribution in [2.45, 2.75) is 32.0 Å². The van der Waals surface area contributed by atoms with E-state index in [4.69, 9.17) is 0 Å². The Labute approximate surface area is 225 Å².